The lowest BCUT2D eigenvalue weighted by Gasteiger charge is -2.31. The van der Waals surface area contributed by atoms with Crippen molar-refractivity contribution in [3.63, 3.8) is 0 Å². The van der Waals surface area contributed by atoms with Crippen LogP contribution in [0, 0.1) is 5.92 Å². The number of fused-ring (bicyclic) bond motifs is 1. The van der Waals surface area contributed by atoms with E-state index in [9.17, 15) is 22.8 Å². The van der Waals surface area contributed by atoms with Gasteiger partial charge in [-0.3, -0.25) is 14.4 Å². The molecule has 0 radical (unpaired) electrons. The van der Waals surface area contributed by atoms with E-state index in [1.54, 1.807) is 23.6 Å². The third-order valence-electron chi connectivity index (χ3n) is 7.55. The summed E-state index contributed by atoms with van der Waals surface area (Å²) in [5, 5.41) is 6.37. The third kappa shape index (κ3) is 4.83. The summed E-state index contributed by atoms with van der Waals surface area (Å²) in [6, 6.07) is 4.11. The number of ketones is 1. The number of hydrogen-bond donors (Lipinski definition) is 1. The van der Waals surface area contributed by atoms with Crippen molar-refractivity contribution in [2.24, 2.45) is 5.92 Å². The molecule has 1 N–H and O–H groups in total. The summed E-state index contributed by atoms with van der Waals surface area (Å²) >= 11 is 1.41. The first-order valence-corrected chi connectivity index (χ1v) is 14.8. The number of pyridine rings is 1. The average molecular weight is 531 g/mol. The van der Waals surface area contributed by atoms with Gasteiger partial charge in [-0.05, 0) is 42.3 Å². The number of nitrogens with zero attached hydrogens (tertiary/aromatic N) is 3. The van der Waals surface area contributed by atoms with E-state index in [0.29, 0.717) is 24.3 Å². The van der Waals surface area contributed by atoms with E-state index in [-0.39, 0.29) is 35.7 Å². The molecule has 3 aliphatic rings. The van der Waals surface area contributed by atoms with Gasteiger partial charge in [-0.2, -0.15) is 15.6 Å². The summed E-state index contributed by atoms with van der Waals surface area (Å²) in [6.07, 6.45) is 7.71. The Morgan fingerprint density at radius 2 is 1.94 bits per heavy atom. The first kappa shape index (κ1) is 25.0. The molecule has 5 rings (SSSR count). The van der Waals surface area contributed by atoms with Gasteiger partial charge >= 0.3 is 0 Å². The standard InChI is InChI=1S/C25H30N4O5S2/c30-21-15-29(36(33,34)22-8-4-5-11-26-22)20-9-12-28(23(20)21)25(32)19(14-17-6-2-1-3-7-17)27-24(31)18-10-13-35-16-18/h4-5,8,10-11,13,16-17,19-20,23H,1-3,6-7,9,12,14-15H2,(H,27,31). The molecule has 1 aliphatic carbocycles. The highest BCUT2D eigenvalue weighted by molar-refractivity contribution is 7.89. The van der Waals surface area contributed by atoms with Crippen LogP contribution in [0.15, 0.2) is 46.2 Å². The second kappa shape index (κ2) is 10.4. The van der Waals surface area contributed by atoms with E-state index in [0.717, 1.165) is 25.7 Å². The molecule has 3 unspecified atom stereocenters. The van der Waals surface area contributed by atoms with Crippen molar-refractivity contribution in [1.82, 2.24) is 19.5 Å². The van der Waals surface area contributed by atoms with Crippen LogP contribution < -0.4 is 5.32 Å². The van der Waals surface area contributed by atoms with Gasteiger partial charge in [-0.25, -0.2) is 13.4 Å². The van der Waals surface area contributed by atoms with Gasteiger partial charge in [0.2, 0.25) is 5.91 Å². The zero-order chi connectivity index (χ0) is 25.3. The summed E-state index contributed by atoms with van der Waals surface area (Å²) in [4.78, 5) is 45.2. The maximum absolute atomic E-state index is 13.8. The van der Waals surface area contributed by atoms with Crippen LogP contribution in [0.1, 0.15) is 55.3 Å². The second-order valence-corrected chi connectivity index (χ2v) is 12.4. The van der Waals surface area contributed by atoms with Crippen molar-refractivity contribution >= 4 is 39.0 Å². The minimum absolute atomic E-state index is 0.110. The largest absolute Gasteiger partial charge is 0.340 e. The molecule has 2 saturated heterocycles. The summed E-state index contributed by atoms with van der Waals surface area (Å²) in [5.41, 5.74) is 0.505. The molecule has 36 heavy (non-hydrogen) atoms. The fourth-order valence-electron chi connectivity index (χ4n) is 5.77. The van der Waals surface area contributed by atoms with Crippen LogP contribution in [-0.4, -0.2) is 71.4 Å². The topological polar surface area (TPSA) is 117 Å². The molecule has 4 heterocycles. The first-order valence-electron chi connectivity index (χ1n) is 12.5. The van der Waals surface area contributed by atoms with Crippen LogP contribution in [0.4, 0.5) is 0 Å². The van der Waals surface area contributed by atoms with Crippen LogP contribution >= 0.6 is 11.3 Å². The first-order chi connectivity index (χ1) is 17.4. The van der Waals surface area contributed by atoms with Crippen molar-refractivity contribution in [3.05, 3.63) is 46.8 Å². The molecule has 0 bridgehead atoms. The quantitative estimate of drug-likeness (QED) is 0.588. The molecule has 0 spiro atoms. The minimum atomic E-state index is -3.97. The summed E-state index contributed by atoms with van der Waals surface area (Å²) in [6.45, 7) is -0.0177. The fourth-order valence-corrected chi connectivity index (χ4v) is 7.97. The predicted molar refractivity (Wildman–Crippen MR) is 134 cm³/mol. The Bertz CT molecular complexity index is 1210. The molecular formula is C25H30N4O5S2. The molecule has 2 aliphatic heterocycles. The fraction of sp³-hybridized carbons (Fsp3) is 0.520. The summed E-state index contributed by atoms with van der Waals surface area (Å²) < 4.78 is 27.6. The molecule has 1 saturated carbocycles. The lowest BCUT2D eigenvalue weighted by atomic mass is 9.84. The van der Waals surface area contributed by atoms with E-state index in [2.05, 4.69) is 10.3 Å². The smallest absolute Gasteiger partial charge is 0.261 e. The van der Waals surface area contributed by atoms with Crippen LogP contribution in [0.2, 0.25) is 0 Å². The van der Waals surface area contributed by atoms with E-state index in [1.807, 2.05) is 5.38 Å². The van der Waals surface area contributed by atoms with Gasteiger partial charge in [-0.1, -0.05) is 38.2 Å². The number of rotatable bonds is 7. The molecule has 2 aromatic rings. The molecule has 3 fully saturated rings. The highest BCUT2D eigenvalue weighted by Gasteiger charge is 2.54. The molecule has 3 atom stereocenters. The normalized spacial score (nSPS) is 24.0. The Morgan fingerprint density at radius 3 is 2.64 bits per heavy atom. The molecule has 0 aromatic carbocycles. The van der Waals surface area contributed by atoms with Crippen molar-refractivity contribution < 1.29 is 22.8 Å². The molecule has 192 valence electrons. The Labute approximate surface area is 214 Å². The zero-order valence-electron chi connectivity index (χ0n) is 19.9. The SMILES string of the molecule is O=C(NC(CC1CCCCC1)C(=O)N1CCC2C1C(=O)CN2S(=O)(=O)c1ccccn1)c1ccsc1. The van der Waals surface area contributed by atoms with Gasteiger partial charge in [-0.15, -0.1) is 0 Å². The van der Waals surface area contributed by atoms with Gasteiger partial charge in [0, 0.05) is 18.1 Å². The summed E-state index contributed by atoms with van der Waals surface area (Å²) in [5.74, 6) is -0.583. The van der Waals surface area contributed by atoms with Crippen LogP contribution in [0.5, 0.6) is 0 Å². The highest BCUT2D eigenvalue weighted by atomic mass is 32.2. The Morgan fingerprint density at radius 1 is 1.14 bits per heavy atom. The van der Waals surface area contributed by atoms with Gasteiger partial charge in [0.05, 0.1) is 18.2 Å². The summed E-state index contributed by atoms with van der Waals surface area (Å²) in [7, 11) is -3.97. The molecular weight excluding hydrogens is 500 g/mol. The molecule has 2 amide bonds. The Kier molecular flexibility index (Phi) is 7.23. The van der Waals surface area contributed by atoms with Gasteiger partial charge in [0.15, 0.2) is 10.8 Å². The maximum Gasteiger partial charge on any atom is 0.261 e. The molecule has 2 aromatic heterocycles. The number of sulfonamides is 1. The number of carbonyl (C=O) groups excluding carboxylic acids is 3. The van der Waals surface area contributed by atoms with Crippen molar-refractivity contribution in [2.45, 2.75) is 68.1 Å². The van der Waals surface area contributed by atoms with Gasteiger partial charge < -0.3 is 10.2 Å². The minimum Gasteiger partial charge on any atom is -0.340 e. The number of nitrogens with one attached hydrogen (secondary N) is 1. The third-order valence-corrected chi connectivity index (χ3v) is 10.0. The predicted octanol–water partition coefficient (Wildman–Crippen LogP) is 2.46. The monoisotopic (exact) mass is 530 g/mol. The average Bonchev–Trinajstić information content (AvgIpc) is 3.64. The van der Waals surface area contributed by atoms with Gasteiger partial charge in [0.1, 0.15) is 12.1 Å². The number of thiophene rings is 1. The van der Waals surface area contributed by atoms with Crippen molar-refractivity contribution in [1.29, 1.82) is 0 Å². The maximum atomic E-state index is 13.8. The second-order valence-electron chi connectivity index (χ2n) is 9.79. The van der Waals surface area contributed by atoms with Gasteiger partial charge in [0.25, 0.3) is 15.9 Å². The number of carbonyl (C=O) groups is 3. The Balaban J connectivity index is 1.36. The molecule has 9 nitrogen and oxygen atoms in total. The van der Waals surface area contributed by atoms with E-state index < -0.39 is 28.1 Å². The van der Waals surface area contributed by atoms with Crippen LogP contribution in [0.25, 0.3) is 0 Å². The van der Waals surface area contributed by atoms with Crippen LogP contribution in [-0.2, 0) is 19.6 Å². The van der Waals surface area contributed by atoms with Crippen molar-refractivity contribution in [2.75, 3.05) is 13.1 Å². The van der Waals surface area contributed by atoms with E-state index in [4.69, 9.17) is 0 Å². The van der Waals surface area contributed by atoms with Crippen molar-refractivity contribution in [3.8, 4) is 0 Å². The zero-order valence-corrected chi connectivity index (χ0v) is 21.5. The molecule has 11 heteroatoms. The lowest BCUT2D eigenvalue weighted by Crippen LogP contribution is -2.53. The van der Waals surface area contributed by atoms with Crippen LogP contribution in [0.3, 0.4) is 0 Å². The number of amides is 2. The lowest BCUT2D eigenvalue weighted by molar-refractivity contribution is -0.138. The highest BCUT2D eigenvalue weighted by Crippen LogP contribution is 2.35. The Hall–Kier alpha value is -2.63. The number of hydrogen-bond acceptors (Lipinski definition) is 7. The number of likely N-dealkylation sites (tertiary alicyclic amines) is 1. The number of aromatic nitrogens is 1. The van der Waals surface area contributed by atoms with E-state index >= 15 is 0 Å². The number of Topliss-reactive ketones (excluding diaryl/α,β-unsaturated/α-hetero) is 1. The van der Waals surface area contributed by atoms with E-state index in [1.165, 1.54) is 39.2 Å².